The third kappa shape index (κ3) is 7.15. The van der Waals surface area contributed by atoms with E-state index in [1.807, 2.05) is 0 Å². The molecule has 7 nitrogen and oxygen atoms in total. The summed E-state index contributed by atoms with van der Waals surface area (Å²) in [6.45, 7) is 0.263. The lowest BCUT2D eigenvalue weighted by molar-refractivity contribution is -0.136. The monoisotopic (exact) mass is 507 g/mol. The number of carbonyl (C=O) groups excluding carboxylic acids is 2. The van der Waals surface area contributed by atoms with E-state index in [9.17, 15) is 18.0 Å². The Morgan fingerprint density at radius 2 is 1.55 bits per heavy atom. The third-order valence-electron chi connectivity index (χ3n) is 5.17. The van der Waals surface area contributed by atoms with Gasteiger partial charge in [0.2, 0.25) is 10.0 Å². The van der Waals surface area contributed by atoms with E-state index in [0.29, 0.717) is 12.1 Å². The van der Waals surface area contributed by atoms with Crippen LogP contribution in [0.5, 0.6) is 0 Å². The molecule has 2 amide bonds. The van der Waals surface area contributed by atoms with E-state index >= 15 is 0 Å². The average molecular weight is 508 g/mol. The van der Waals surface area contributed by atoms with Crippen LogP contribution in [0.1, 0.15) is 37.7 Å². The molecule has 166 valence electrons. The number of sulfonamides is 1. The van der Waals surface area contributed by atoms with Crippen LogP contribution in [0.15, 0.2) is 57.9 Å². The molecule has 1 aliphatic carbocycles. The minimum atomic E-state index is -3.53. The topological polar surface area (TPSA) is 104 Å². The summed E-state index contributed by atoms with van der Waals surface area (Å²) in [5.74, 6) is -1.46. The van der Waals surface area contributed by atoms with Gasteiger partial charge in [0.05, 0.1) is 4.90 Å². The lowest BCUT2D eigenvalue weighted by atomic mass is 9.96. The van der Waals surface area contributed by atoms with Crippen molar-refractivity contribution in [1.82, 2.24) is 10.0 Å². The first kappa shape index (κ1) is 23.4. The molecule has 0 aromatic heterocycles. The normalized spacial score (nSPS) is 14.7. The van der Waals surface area contributed by atoms with Gasteiger partial charge < -0.3 is 10.6 Å². The summed E-state index contributed by atoms with van der Waals surface area (Å²) >= 11 is 3.31. The first-order valence-corrected chi connectivity index (χ1v) is 12.6. The Kier molecular flexibility index (Phi) is 8.22. The highest BCUT2D eigenvalue weighted by molar-refractivity contribution is 9.10. The fourth-order valence-corrected chi connectivity index (χ4v) is 5.03. The van der Waals surface area contributed by atoms with E-state index in [2.05, 4.69) is 31.3 Å². The predicted molar refractivity (Wildman–Crippen MR) is 123 cm³/mol. The minimum Gasteiger partial charge on any atom is -0.347 e. The second kappa shape index (κ2) is 10.9. The molecular weight excluding hydrogens is 482 g/mol. The van der Waals surface area contributed by atoms with Crippen molar-refractivity contribution in [3.8, 4) is 0 Å². The highest BCUT2D eigenvalue weighted by Crippen LogP contribution is 2.20. The number of hydrogen-bond acceptors (Lipinski definition) is 4. The molecule has 1 fully saturated rings. The van der Waals surface area contributed by atoms with Gasteiger partial charge in [0, 0.05) is 22.7 Å². The maximum atomic E-state index is 12.5. The van der Waals surface area contributed by atoms with Gasteiger partial charge >= 0.3 is 11.8 Å². The maximum Gasteiger partial charge on any atom is 0.313 e. The third-order valence-corrected chi connectivity index (χ3v) is 7.23. The molecule has 3 rings (SSSR count). The van der Waals surface area contributed by atoms with Gasteiger partial charge in [0.25, 0.3) is 0 Å². The second-order valence-electron chi connectivity index (χ2n) is 7.57. The Labute approximate surface area is 191 Å². The Balaban J connectivity index is 1.45. The lowest BCUT2D eigenvalue weighted by Gasteiger charge is -2.22. The Morgan fingerprint density at radius 3 is 2.19 bits per heavy atom. The fourth-order valence-electron chi connectivity index (χ4n) is 3.46. The Morgan fingerprint density at radius 1 is 0.903 bits per heavy atom. The summed E-state index contributed by atoms with van der Waals surface area (Å²) in [5, 5.41) is 5.10. The molecule has 0 heterocycles. The van der Waals surface area contributed by atoms with Crippen LogP contribution >= 0.6 is 15.9 Å². The molecular formula is C22H26BrN3O4S. The van der Waals surface area contributed by atoms with E-state index in [1.54, 1.807) is 48.5 Å². The van der Waals surface area contributed by atoms with E-state index in [0.717, 1.165) is 42.1 Å². The van der Waals surface area contributed by atoms with E-state index < -0.39 is 21.8 Å². The smallest absolute Gasteiger partial charge is 0.313 e. The van der Waals surface area contributed by atoms with Crippen molar-refractivity contribution in [3.05, 3.63) is 58.6 Å². The van der Waals surface area contributed by atoms with Gasteiger partial charge in [0.15, 0.2) is 0 Å². The molecule has 0 saturated heterocycles. The SMILES string of the molecule is O=C(NCCc1ccc(S(=O)(=O)NC2CCCCC2)cc1)C(=O)Nc1ccc(Br)cc1. The lowest BCUT2D eigenvalue weighted by Crippen LogP contribution is -2.36. The van der Waals surface area contributed by atoms with Gasteiger partial charge in [-0.05, 0) is 61.2 Å². The number of anilines is 1. The van der Waals surface area contributed by atoms with Crippen LogP contribution in [0.2, 0.25) is 0 Å². The maximum absolute atomic E-state index is 12.5. The van der Waals surface area contributed by atoms with E-state index in [-0.39, 0.29) is 17.5 Å². The van der Waals surface area contributed by atoms with Crippen LogP contribution in [-0.4, -0.2) is 32.8 Å². The van der Waals surface area contributed by atoms with Gasteiger partial charge in [0.1, 0.15) is 0 Å². The van der Waals surface area contributed by atoms with Gasteiger partial charge in [-0.15, -0.1) is 0 Å². The van der Waals surface area contributed by atoms with E-state index in [4.69, 9.17) is 0 Å². The fraction of sp³-hybridized carbons (Fsp3) is 0.364. The van der Waals surface area contributed by atoms with Crippen LogP contribution in [-0.2, 0) is 26.0 Å². The molecule has 9 heteroatoms. The van der Waals surface area contributed by atoms with Crippen molar-refractivity contribution in [2.24, 2.45) is 0 Å². The quantitative estimate of drug-likeness (QED) is 0.499. The molecule has 2 aromatic carbocycles. The molecule has 1 saturated carbocycles. The van der Waals surface area contributed by atoms with Crippen LogP contribution in [0.25, 0.3) is 0 Å². The van der Waals surface area contributed by atoms with Gasteiger partial charge in [-0.25, -0.2) is 13.1 Å². The van der Waals surface area contributed by atoms with Crippen molar-refractivity contribution in [3.63, 3.8) is 0 Å². The predicted octanol–water partition coefficient (Wildman–Crippen LogP) is 3.36. The molecule has 31 heavy (non-hydrogen) atoms. The number of nitrogens with one attached hydrogen (secondary N) is 3. The average Bonchev–Trinajstić information content (AvgIpc) is 2.76. The number of halogens is 1. The van der Waals surface area contributed by atoms with Crippen molar-refractivity contribution in [2.45, 2.75) is 49.5 Å². The van der Waals surface area contributed by atoms with Crippen LogP contribution in [0, 0.1) is 0 Å². The number of rotatable bonds is 7. The second-order valence-corrected chi connectivity index (χ2v) is 10.2. The highest BCUT2D eigenvalue weighted by atomic mass is 79.9. The van der Waals surface area contributed by atoms with E-state index in [1.165, 1.54) is 0 Å². The van der Waals surface area contributed by atoms with Crippen LogP contribution in [0.3, 0.4) is 0 Å². The first-order valence-electron chi connectivity index (χ1n) is 10.3. The Bertz CT molecular complexity index is 1000. The van der Waals surface area contributed by atoms with Crippen LogP contribution < -0.4 is 15.4 Å². The number of hydrogen-bond donors (Lipinski definition) is 3. The highest BCUT2D eigenvalue weighted by Gasteiger charge is 2.21. The molecule has 2 aromatic rings. The van der Waals surface area contributed by atoms with Gasteiger partial charge in [-0.1, -0.05) is 47.3 Å². The zero-order valence-electron chi connectivity index (χ0n) is 17.1. The van der Waals surface area contributed by atoms with Crippen molar-refractivity contribution in [1.29, 1.82) is 0 Å². The van der Waals surface area contributed by atoms with Crippen molar-refractivity contribution >= 4 is 43.5 Å². The zero-order chi connectivity index (χ0) is 22.3. The first-order chi connectivity index (χ1) is 14.8. The number of benzene rings is 2. The number of amides is 2. The van der Waals surface area contributed by atoms with Crippen molar-refractivity contribution < 1.29 is 18.0 Å². The van der Waals surface area contributed by atoms with Crippen molar-refractivity contribution in [2.75, 3.05) is 11.9 Å². The summed E-state index contributed by atoms with van der Waals surface area (Å²) in [6, 6.07) is 13.5. The van der Waals surface area contributed by atoms with Gasteiger partial charge in [-0.2, -0.15) is 0 Å². The summed E-state index contributed by atoms with van der Waals surface area (Å²) in [7, 11) is -3.53. The molecule has 0 atom stereocenters. The molecule has 0 bridgehead atoms. The number of carbonyl (C=O) groups is 2. The summed E-state index contributed by atoms with van der Waals surface area (Å²) in [6.07, 6.45) is 5.51. The molecule has 0 aliphatic heterocycles. The molecule has 3 N–H and O–H groups in total. The largest absolute Gasteiger partial charge is 0.347 e. The molecule has 0 radical (unpaired) electrons. The summed E-state index contributed by atoms with van der Waals surface area (Å²) in [4.78, 5) is 24.1. The molecule has 0 spiro atoms. The summed E-state index contributed by atoms with van der Waals surface area (Å²) < 4.78 is 28.8. The summed E-state index contributed by atoms with van der Waals surface area (Å²) in [5.41, 5.74) is 1.40. The Hall–Kier alpha value is -2.23. The van der Waals surface area contributed by atoms with Crippen LogP contribution in [0.4, 0.5) is 5.69 Å². The minimum absolute atomic E-state index is 0.0113. The zero-order valence-corrected chi connectivity index (χ0v) is 19.5. The molecule has 1 aliphatic rings. The molecule has 0 unspecified atom stereocenters. The standard InChI is InChI=1S/C22H26BrN3O4S/c23-17-8-10-18(11-9-17)25-22(28)21(27)24-15-14-16-6-12-20(13-7-16)31(29,30)26-19-4-2-1-3-5-19/h6-13,19,26H,1-5,14-15H2,(H,24,27)(H,25,28). The van der Waals surface area contributed by atoms with Gasteiger partial charge in [-0.3, -0.25) is 9.59 Å².